The molecule has 0 atom stereocenters. The Balaban J connectivity index is 2.27. The highest BCUT2D eigenvalue weighted by Crippen LogP contribution is 2.33. The van der Waals surface area contributed by atoms with E-state index in [0.717, 1.165) is 30.0 Å². The van der Waals surface area contributed by atoms with Gasteiger partial charge in [0.25, 0.3) is 0 Å². The second kappa shape index (κ2) is 4.16. The number of nitrogen functional groups attached to an aromatic ring is 1. The van der Waals surface area contributed by atoms with Crippen molar-refractivity contribution >= 4 is 28.1 Å². The van der Waals surface area contributed by atoms with E-state index in [4.69, 9.17) is 5.73 Å². The second-order valence-electron chi connectivity index (χ2n) is 2.71. The highest BCUT2D eigenvalue weighted by atomic mass is 32.2. The minimum absolute atomic E-state index is 0.212. The Labute approximate surface area is 93.1 Å². The molecule has 0 aliphatic rings. The Bertz CT molecular complexity index is 485. The van der Waals surface area contributed by atoms with Gasteiger partial charge in [0.1, 0.15) is 16.6 Å². The minimum atomic E-state index is -0.469. The summed E-state index contributed by atoms with van der Waals surface area (Å²) < 4.78 is 26.6. The minimum Gasteiger partial charge on any atom is -0.389 e. The molecule has 0 aliphatic carbocycles. The van der Waals surface area contributed by atoms with Gasteiger partial charge in [-0.1, -0.05) is 23.1 Å². The second-order valence-corrected chi connectivity index (χ2v) is 5.06. The van der Waals surface area contributed by atoms with E-state index in [1.165, 1.54) is 17.5 Å². The number of nitrogens with zero attached hydrogens (tertiary/aromatic N) is 1. The van der Waals surface area contributed by atoms with Crippen molar-refractivity contribution in [3.8, 4) is 0 Å². The average Bonchev–Trinajstić information content (AvgIpc) is 2.58. The molecule has 0 aliphatic heterocycles. The molecule has 1 aromatic heterocycles. The van der Waals surface area contributed by atoms with Crippen molar-refractivity contribution in [2.24, 2.45) is 0 Å². The fraction of sp³-hybridized carbons (Fsp3) is 0. The maximum Gasteiger partial charge on any atom is 0.156 e. The van der Waals surface area contributed by atoms with E-state index in [1.807, 2.05) is 0 Å². The first-order chi connectivity index (χ1) is 7.15. The largest absolute Gasteiger partial charge is 0.389 e. The van der Waals surface area contributed by atoms with E-state index in [-0.39, 0.29) is 4.90 Å². The predicted octanol–water partition coefficient (Wildman–Crippen LogP) is 3.15. The third-order valence-corrected chi connectivity index (χ3v) is 3.53. The van der Waals surface area contributed by atoms with Gasteiger partial charge in [0.15, 0.2) is 4.34 Å². The van der Waals surface area contributed by atoms with Crippen molar-refractivity contribution in [3.63, 3.8) is 0 Å². The molecule has 0 saturated carbocycles. The fourth-order valence-electron chi connectivity index (χ4n) is 0.967. The lowest BCUT2D eigenvalue weighted by atomic mass is 10.3. The van der Waals surface area contributed by atoms with Crippen LogP contribution in [0.3, 0.4) is 0 Å². The zero-order valence-corrected chi connectivity index (χ0v) is 9.04. The van der Waals surface area contributed by atoms with Crippen LogP contribution in [0.2, 0.25) is 0 Å². The van der Waals surface area contributed by atoms with E-state index < -0.39 is 11.6 Å². The lowest BCUT2D eigenvalue weighted by Crippen LogP contribution is -1.82. The molecule has 1 heterocycles. The number of rotatable bonds is 2. The molecular weight excluding hydrogens is 238 g/mol. The molecule has 15 heavy (non-hydrogen) atoms. The monoisotopic (exact) mass is 244 g/mol. The number of aromatic nitrogens is 1. The first-order valence-electron chi connectivity index (χ1n) is 3.99. The van der Waals surface area contributed by atoms with Crippen LogP contribution in [0.5, 0.6) is 0 Å². The molecule has 2 aromatic rings. The van der Waals surface area contributed by atoms with Crippen LogP contribution in [-0.2, 0) is 0 Å². The molecule has 6 heteroatoms. The summed E-state index contributed by atoms with van der Waals surface area (Å²) in [6.07, 6.45) is 1.49. The molecule has 0 radical (unpaired) electrons. The van der Waals surface area contributed by atoms with Gasteiger partial charge in [-0.3, -0.25) is 0 Å². The fourth-order valence-corrected chi connectivity index (χ4v) is 2.73. The average molecular weight is 244 g/mol. The van der Waals surface area contributed by atoms with Crippen LogP contribution < -0.4 is 5.73 Å². The molecule has 2 nitrogen and oxygen atoms in total. The SMILES string of the molecule is Nc1cnc(Sc2cc(F)ccc2F)s1. The normalized spacial score (nSPS) is 10.5. The molecule has 0 bridgehead atoms. The number of hydrogen-bond acceptors (Lipinski definition) is 4. The van der Waals surface area contributed by atoms with Gasteiger partial charge in [-0.25, -0.2) is 13.8 Å². The van der Waals surface area contributed by atoms with E-state index >= 15 is 0 Å². The summed E-state index contributed by atoms with van der Waals surface area (Å²) in [4.78, 5) is 4.16. The molecule has 0 unspecified atom stereocenters. The Morgan fingerprint density at radius 1 is 1.33 bits per heavy atom. The Morgan fingerprint density at radius 2 is 2.13 bits per heavy atom. The van der Waals surface area contributed by atoms with Crippen LogP contribution in [0.25, 0.3) is 0 Å². The summed E-state index contributed by atoms with van der Waals surface area (Å²) in [5.41, 5.74) is 5.48. The van der Waals surface area contributed by atoms with Gasteiger partial charge in [-0.05, 0) is 18.2 Å². The highest BCUT2D eigenvalue weighted by molar-refractivity contribution is 8.01. The molecule has 0 spiro atoms. The zero-order valence-electron chi connectivity index (χ0n) is 7.41. The first kappa shape index (κ1) is 10.4. The van der Waals surface area contributed by atoms with Gasteiger partial charge in [0, 0.05) is 0 Å². The number of nitrogens with two attached hydrogens (primary N) is 1. The van der Waals surface area contributed by atoms with Gasteiger partial charge in [-0.15, -0.1) is 0 Å². The summed E-state index contributed by atoms with van der Waals surface area (Å²) in [6, 6.07) is 3.31. The van der Waals surface area contributed by atoms with Crippen molar-refractivity contribution in [2.45, 2.75) is 9.24 Å². The summed E-state index contributed by atoms with van der Waals surface area (Å²) >= 11 is 2.30. The Morgan fingerprint density at radius 3 is 2.80 bits per heavy atom. The van der Waals surface area contributed by atoms with Crippen LogP contribution >= 0.6 is 23.1 Å². The number of benzene rings is 1. The maximum absolute atomic E-state index is 13.2. The van der Waals surface area contributed by atoms with Crippen molar-refractivity contribution in [1.82, 2.24) is 4.98 Å². The molecular formula is C9H6F2N2S2. The quantitative estimate of drug-likeness (QED) is 0.882. The predicted molar refractivity (Wildman–Crippen MR) is 57.0 cm³/mol. The van der Waals surface area contributed by atoms with Crippen LogP contribution in [0.15, 0.2) is 33.6 Å². The summed E-state index contributed by atoms with van der Waals surface area (Å²) in [5, 5.41) is 0.550. The van der Waals surface area contributed by atoms with Gasteiger partial charge < -0.3 is 5.73 Å². The summed E-state index contributed by atoms with van der Waals surface area (Å²) in [7, 11) is 0. The van der Waals surface area contributed by atoms with Crippen LogP contribution in [0, 0.1) is 11.6 Å². The third-order valence-electron chi connectivity index (χ3n) is 1.59. The topological polar surface area (TPSA) is 38.9 Å². The standard InChI is InChI=1S/C9H6F2N2S2/c10-5-1-2-6(11)7(3-5)14-9-13-4-8(12)15-9/h1-4H,12H2. The first-order valence-corrected chi connectivity index (χ1v) is 5.62. The lowest BCUT2D eigenvalue weighted by Gasteiger charge is -1.99. The van der Waals surface area contributed by atoms with E-state index in [0.29, 0.717) is 9.34 Å². The van der Waals surface area contributed by atoms with Gasteiger partial charge in [0.2, 0.25) is 0 Å². The molecule has 0 fully saturated rings. The van der Waals surface area contributed by atoms with Crippen molar-refractivity contribution < 1.29 is 8.78 Å². The van der Waals surface area contributed by atoms with E-state index in [1.54, 1.807) is 0 Å². The number of halogens is 2. The summed E-state index contributed by atoms with van der Waals surface area (Å²) in [5.74, 6) is -0.932. The molecule has 2 N–H and O–H groups in total. The van der Waals surface area contributed by atoms with Crippen LogP contribution in [-0.4, -0.2) is 4.98 Å². The smallest absolute Gasteiger partial charge is 0.156 e. The van der Waals surface area contributed by atoms with E-state index in [2.05, 4.69) is 4.98 Å². The van der Waals surface area contributed by atoms with Gasteiger partial charge in [0.05, 0.1) is 11.1 Å². The van der Waals surface area contributed by atoms with Crippen molar-refractivity contribution in [2.75, 3.05) is 5.73 Å². The van der Waals surface area contributed by atoms with Gasteiger partial charge in [-0.2, -0.15) is 0 Å². The number of thiazole rings is 1. The zero-order chi connectivity index (χ0) is 10.8. The molecule has 0 saturated heterocycles. The summed E-state index contributed by atoms with van der Waals surface area (Å²) in [6.45, 7) is 0. The highest BCUT2D eigenvalue weighted by Gasteiger charge is 2.08. The van der Waals surface area contributed by atoms with Crippen LogP contribution in [0.4, 0.5) is 13.8 Å². The molecule has 1 aromatic carbocycles. The number of hydrogen-bond donors (Lipinski definition) is 1. The van der Waals surface area contributed by atoms with Crippen molar-refractivity contribution in [1.29, 1.82) is 0 Å². The van der Waals surface area contributed by atoms with Crippen LogP contribution in [0.1, 0.15) is 0 Å². The van der Waals surface area contributed by atoms with Crippen molar-refractivity contribution in [3.05, 3.63) is 36.0 Å². The van der Waals surface area contributed by atoms with E-state index in [9.17, 15) is 8.78 Å². The molecule has 78 valence electrons. The molecule has 2 rings (SSSR count). The maximum atomic E-state index is 13.2. The lowest BCUT2D eigenvalue weighted by molar-refractivity contribution is 0.577. The Hall–Kier alpha value is -1.14. The Kier molecular flexibility index (Phi) is 2.88. The van der Waals surface area contributed by atoms with Gasteiger partial charge >= 0.3 is 0 Å². The third kappa shape index (κ3) is 2.45. The number of anilines is 1. The molecule has 0 amide bonds.